The van der Waals surface area contributed by atoms with Crippen LogP contribution in [-0.4, -0.2) is 34.5 Å². The first-order chi connectivity index (χ1) is 9.63. The number of nitrogens with zero attached hydrogens (tertiary/aromatic N) is 2. The van der Waals surface area contributed by atoms with Gasteiger partial charge in [-0.15, -0.1) is 12.4 Å². The summed E-state index contributed by atoms with van der Waals surface area (Å²) in [6.45, 7) is 8.69. The predicted molar refractivity (Wildman–Crippen MR) is 83.3 cm³/mol. The average Bonchev–Trinajstić information content (AvgIpc) is 2.82. The van der Waals surface area contributed by atoms with Crippen LogP contribution < -0.4 is 16.4 Å². The molecule has 1 aromatic heterocycles. The highest BCUT2D eigenvalue weighted by molar-refractivity contribution is 5.87. The zero-order chi connectivity index (χ0) is 16.2. The molecule has 0 aliphatic heterocycles. The van der Waals surface area contributed by atoms with Crippen LogP contribution in [0.15, 0.2) is 4.52 Å². The van der Waals surface area contributed by atoms with Crippen molar-refractivity contribution in [2.75, 3.05) is 6.54 Å². The number of hydrogen-bond donors (Lipinski definition) is 3. The van der Waals surface area contributed by atoms with E-state index in [1.807, 2.05) is 13.8 Å². The summed E-state index contributed by atoms with van der Waals surface area (Å²) in [5.41, 5.74) is 4.90. The third kappa shape index (κ3) is 5.61. The average molecular weight is 334 g/mol. The van der Waals surface area contributed by atoms with Gasteiger partial charge in [0.05, 0.1) is 18.1 Å². The number of amides is 2. The minimum Gasteiger partial charge on any atom is -0.346 e. The van der Waals surface area contributed by atoms with Crippen LogP contribution in [0.4, 0.5) is 0 Å². The van der Waals surface area contributed by atoms with Crippen molar-refractivity contribution in [3.8, 4) is 0 Å². The molecule has 0 spiro atoms. The van der Waals surface area contributed by atoms with E-state index in [4.69, 9.17) is 10.3 Å². The topological polar surface area (TPSA) is 123 Å². The summed E-state index contributed by atoms with van der Waals surface area (Å²) in [5, 5.41) is 9.01. The molecule has 9 heteroatoms. The number of hydrogen-bond acceptors (Lipinski definition) is 6. The Bertz CT molecular complexity index is 516. The second kappa shape index (κ2) is 8.09. The normalized spacial score (nSPS) is 12.5. The van der Waals surface area contributed by atoms with Gasteiger partial charge in [0.15, 0.2) is 5.82 Å². The lowest BCUT2D eigenvalue weighted by Crippen LogP contribution is -2.50. The van der Waals surface area contributed by atoms with Crippen molar-refractivity contribution in [1.82, 2.24) is 20.8 Å². The fourth-order valence-electron chi connectivity index (χ4n) is 1.59. The molecule has 2 amide bonds. The van der Waals surface area contributed by atoms with Crippen LogP contribution in [0, 0.1) is 12.8 Å². The predicted octanol–water partition coefficient (Wildman–Crippen LogP) is 0.251. The van der Waals surface area contributed by atoms with Crippen LogP contribution in [0.25, 0.3) is 0 Å². The molecule has 4 N–H and O–H groups in total. The monoisotopic (exact) mass is 333 g/mol. The molecule has 0 unspecified atom stereocenters. The van der Waals surface area contributed by atoms with E-state index in [0.29, 0.717) is 11.7 Å². The number of nitrogens with one attached hydrogen (secondary N) is 2. The van der Waals surface area contributed by atoms with Crippen molar-refractivity contribution >= 4 is 24.2 Å². The van der Waals surface area contributed by atoms with Gasteiger partial charge in [0.2, 0.25) is 17.7 Å². The first-order valence-corrected chi connectivity index (χ1v) is 6.78. The van der Waals surface area contributed by atoms with Gasteiger partial charge < -0.3 is 20.9 Å². The molecule has 0 radical (unpaired) electrons. The fourth-order valence-corrected chi connectivity index (χ4v) is 1.59. The Morgan fingerprint density at radius 3 is 2.41 bits per heavy atom. The van der Waals surface area contributed by atoms with E-state index in [2.05, 4.69) is 20.8 Å². The number of carbonyl (C=O) groups excluding carboxylic acids is 2. The number of rotatable bonds is 6. The number of nitrogens with two attached hydrogens (primary N) is 1. The summed E-state index contributed by atoms with van der Waals surface area (Å²) in [4.78, 5) is 27.6. The molecule has 0 aromatic carbocycles. The first-order valence-electron chi connectivity index (χ1n) is 6.78. The molecular weight excluding hydrogens is 310 g/mol. The van der Waals surface area contributed by atoms with Crippen molar-refractivity contribution in [3.05, 3.63) is 11.7 Å². The Balaban J connectivity index is 0.00000441. The standard InChI is InChI=1S/C13H23N5O3.ClH/c1-7(2)10(14)11(20)15-6-9(19)17-13(4,5)12-16-8(3)21-18-12;/h7,10H,6,14H2,1-5H3,(H,15,20)(H,17,19);1H/t10-;/m0./s1. The zero-order valence-electron chi connectivity index (χ0n) is 13.5. The van der Waals surface area contributed by atoms with Crippen LogP contribution in [0.2, 0.25) is 0 Å². The van der Waals surface area contributed by atoms with Crippen LogP contribution in [-0.2, 0) is 15.1 Å². The molecule has 0 aliphatic rings. The van der Waals surface area contributed by atoms with Gasteiger partial charge in [-0.25, -0.2) is 0 Å². The molecular formula is C13H24ClN5O3. The van der Waals surface area contributed by atoms with Gasteiger partial charge in [0.25, 0.3) is 0 Å². The fraction of sp³-hybridized carbons (Fsp3) is 0.692. The van der Waals surface area contributed by atoms with Crippen molar-refractivity contribution in [3.63, 3.8) is 0 Å². The molecule has 22 heavy (non-hydrogen) atoms. The Labute approximate surface area is 136 Å². The van der Waals surface area contributed by atoms with Crippen molar-refractivity contribution in [1.29, 1.82) is 0 Å². The maximum atomic E-state index is 11.9. The van der Waals surface area contributed by atoms with Gasteiger partial charge in [-0.1, -0.05) is 19.0 Å². The van der Waals surface area contributed by atoms with E-state index in [-0.39, 0.29) is 36.7 Å². The Hall–Kier alpha value is -1.67. The number of aryl methyl sites for hydroxylation is 1. The van der Waals surface area contributed by atoms with Crippen LogP contribution in [0.3, 0.4) is 0 Å². The number of halogens is 1. The van der Waals surface area contributed by atoms with Crippen molar-refractivity contribution in [2.45, 2.75) is 46.2 Å². The molecule has 0 saturated heterocycles. The lowest BCUT2D eigenvalue weighted by Gasteiger charge is -2.23. The third-order valence-electron chi connectivity index (χ3n) is 2.98. The summed E-state index contributed by atoms with van der Waals surface area (Å²) in [5.74, 6) is 0.0917. The molecule has 1 rings (SSSR count). The van der Waals surface area contributed by atoms with E-state index >= 15 is 0 Å². The molecule has 0 saturated carbocycles. The molecule has 0 bridgehead atoms. The highest BCUT2D eigenvalue weighted by Crippen LogP contribution is 2.15. The van der Waals surface area contributed by atoms with E-state index in [1.165, 1.54) is 0 Å². The number of carbonyl (C=O) groups is 2. The highest BCUT2D eigenvalue weighted by Gasteiger charge is 2.28. The molecule has 8 nitrogen and oxygen atoms in total. The number of aromatic nitrogens is 2. The van der Waals surface area contributed by atoms with Gasteiger partial charge in [-0.2, -0.15) is 4.98 Å². The van der Waals surface area contributed by atoms with Gasteiger partial charge >= 0.3 is 0 Å². The first kappa shape index (κ1) is 20.3. The summed E-state index contributed by atoms with van der Waals surface area (Å²) in [6, 6.07) is -0.634. The van der Waals surface area contributed by atoms with Gasteiger partial charge in [0.1, 0.15) is 0 Å². The maximum absolute atomic E-state index is 11.9. The molecule has 0 aliphatic carbocycles. The zero-order valence-corrected chi connectivity index (χ0v) is 14.3. The molecule has 0 fully saturated rings. The Kier molecular flexibility index (Phi) is 7.48. The molecule has 126 valence electrons. The summed E-state index contributed by atoms with van der Waals surface area (Å²) in [7, 11) is 0. The van der Waals surface area contributed by atoms with Crippen molar-refractivity contribution < 1.29 is 14.1 Å². The largest absolute Gasteiger partial charge is 0.346 e. The molecule has 1 heterocycles. The second-order valence-electron chi connectivity index (χ2n) is 5.80. The van der Waals surface area contributed by atoms with Gasteiger partial charge in [-0.05, 0) is 19.8 Å². The highest BCUT2D eigenvalue weighted by atomic mass is 35.5. The quantitative estimate of drug-likeness (QED) is 0.685. The van der Waals surface area contributed by atoms with Gasteiger partial charge in [-0.3, -0.25) is 9.59 Å². The Morgan fingerprint density at radius 1 is 1.36 bits per heavy atom. The minimum absolute atomic E-state index is 0. The van der Waals surface area contributed by atoms with E-state index in [1.54, 1.807) is 20.8 Å². The third-order valence-corrected chi connectivity index (χ3v) is 2.98. The van der Waals surface area contributed by atoms with Crippen LogP contribution in [0.5, 0.6) is 0 Å². The lowest BCUT2D eigenvalue weighted by molar-refractivity contribution is -0.128. The summed E-state index contributed by atoms with van der Waals surface area (Å²) in [6.07, 6.45) is 0. The van der Waals surface area contributed by atoms with Gasteiger partial charge in [0, 0.05) is 6.92 Å². The smallest absolute Gasteiger partial charge is 0.240 e. The molecule has 1 aromatic rings. The SMILES string of the molecule is Cc1nc(C(C)(C)NC(=O)CNC(=O)[C@@H](N)C(C)C)no1.Cl. The van der Waals surface area contributed by atoms with E-state index < -0.39 is 11.6 Å². The Morgan fingerprint density at radius 2 is 1.95 bits per heavy atom. The van der Waals surface area contributed by atoms with Crippen LogP contribution >= 0.6 is 12.4 Å². The van der Waals surface area contributed by atoms with E-state index in [0.717, 1.165) is 0 Å². The van der Waals surface area contributed by atoms with Crippen LogP contribution in [0.1, 0.15) is 39.4 Å². The summed E-state index contributed by atoms with van der Waals surface area (Å²) >= 11 is 0. The second-order valence-corrected chi connectivity index (χ2v) is 5.80. The van der Waals surface area contributed by atoms with E-state index in [9.17, 15) is 9.59 Å². The van der Waals surface area contributed by atoms with Crippen molar-refractivity contribution in [2.24, 2.45) is 11.7 Å². The lowest BCUT2D eigenvalue weighted by atomic mass is 10.0. The molecule has 1 atom stereocenters. The minimum atomic E-state index is -0.792. The summed E-state index contributed by atoms with van der Waals surface area (Å²) < 4.78 is 4.89. The maximum Gasteiger partial charge on any atom is 0.240 e.